The van der Waals surface area contributed by atoms with Crippen LogP contribution in [0, 0.1) is 0 Å². The van der Waals surface area contributed by atoms with Crippen molar-refractivity contribution < 1.29 is 14.3 Å². The Kier molecular flexibility index (Phi) is 13.0. The maximum Gasteiger partial charge on any atom is 0.220 e. The van der Waals surface area contributed by atoms with Crippen LogP contribution in [0.3, 0.4) is 0 Å². The summed E-state index contributed by atoms with van der Waals surface area (Å²) in [7, 11) is 1.88. The number of aromatic nitrogens is 1. The highest BCUT2D eigenvalue weighted by molar-refractivity contribution is 5.85. The maximum absolute atomic E-state index is 11.8. The Morgan fingerprint density at radius 2 is 1.81 bits per heavy atom. The molecule has 0 radical (unpaired) electrons. The zero-order valence-electron chi connectivity index (χ0n) is 15.6. The van der Waals surface area contributed by atoms with E-state index in [1.165, 1.54) is 0 Å². The van der Waals surface area contributed by atoms with Gasteiger partial charge < -0.3 is 20.1 Å². The van der Waals surface area contributed by atoms with Crippen LogP contribution in [0.2, 0.25) is 0 Å². The molecule has 0 spiro atoms. The highest BCUT2D eigenvalue weighted by atomic mass is 35.5. The summed E-state index contributed by atoms with van der Waals surface area (Å²) in [6, 6.07) is 11.1. The van der Waals surface area contributed by atoms with Crippen LogP contribution < -0.4 is 20.1 Å². The summed E-state index contributed by atoms with van der Waals surface area (Å²) >= 11 is 0. The highest BCUT2D eigenvalue weighted by Crippen LogP contribution is 2.23. The van der Waals surface area contributed by atoms with Crippen molar-refractivity contribution in [1.29, 1.82) is 0 Å². The van der Waals surface area contributed by atoms with Gasteiger partial charge in [0.05, 0.1) is 6.61 Å². The first-order chi connectivity index (χ1) is 12.2. The number of rotatable bonds is 10. The maximum atomic E-state index is 11.8. The molecule has 0 unspecified atom stereocenters. The average Bonchev–Trinajstić information content (AvgIpc) is 2.62. The van der Waals surface area contributed by atoms with Crippen molar-refractivity contribution in [3.63, 3.8) is 0 Å². The molecule has 6 nitrogen and oxygen atoms in total. The lowest BCUT2D eigenvalue weighted by Gasteiger charge is -2.09. The Labute approximate surface area is 172 Å². The van der Waals surface area contributed by atoms with Gasteiger partial charge in [0.2, 0.25) is 11.8 Å². The number of hydrogen-bond donors (Lipinski definition) is 2. The van der Waals surface area contributed by atoms with E-state index in [0.717, 1.165) is 24.3 Å². The molecule has 0 bridgehead atoms. The number of amides is 1. The Morgan fingerprint density at radius 1 is 1.11 bits per heavy atom. The molecule has 0 fully saturated rings. The number of halogens is 2. The molecule has 0 atom stereocenters. The minimum absolute atomic E-state index is 0. The molecule has 0 aliphatic heterocycles. The number of carbonyl (C=O) groups is 1. The van der Waals surface area contributed by atoms with Gasteiger partial charge in [-0.25, -0.2) is 4.98 Å². The van der Waals surface area contributed by atoms with Gasteiger partial charge in [0.15, 0.2) is 0 Å². The lowest BCUT2D eigenvalue weighted by Crippen LogP contribution is -2.23. The van der Waals surface area contributed by atoms with Gasteiger partial charge >= 0.3 is 0 Å². The third-order valence-corrected chi connectivity index (χ3v) is 3.48. The van der Waals surface area contributed by atoms with Crippen molar-refractivity contribution in [2.75, 3.05) is 20.2 Å². The van der Waals surface area contributed by atoms with Crippen LogP contribution in [0.5, 0.6) is 17.4 Å². The summed E-state index contributed by atoms with van der Waals surface area (Å²) in [5, 5.41) is 5.93. The lowest BCUT2D eigenvalue weighted by molar-refractivity contribution is -0.121. The zero-order valence-corrected chi connectivity index (χ0v) is 17.2. The predicted octanol–water partition coefficient (Wildman–Crippen LogP) is 3.73. The van der Waals surface area contributed by atoms with Crippen LogP contribution in [0.4, 0.5) is 0 Å². The lowest BCUT2D eigenvalue weighted by atomic mass is 10.2. The first kappa shape index (κ1) is 25.0. The second-order valence-corrected chi connectivity index (χ2v) is 5.49. The number of hydrogen-bond acceptors (Lipinski definition) is 5. The Bertz CT molecular complexity index is 670. The van der Waals surface area contributed by atoms with Gasteiger partial charge in [-0.2, -0.15) is 0 Å². The molecule has 150 valence electrons. The van der Waals surface area contributed by atoms with E-state index >= 15 is 0 Å². The molecule has 1 aromatic carbocycles. The zero-order chi connectivity index (χ0) is 17.9. The van der Waals surface area contributed by atoms with Crippen molar-refractivity contribution in [3.05, 3.63) is 48.2 Å². The van der Waals surface area contributed by atoms with Crippen LogP contribution in [0.15, 0.2) is 42.6 Å². The molecule has 27 heavy (non-hydrogen) atoms. The molecule has 0 saturated heterocycles. The molecule has 1 aromatic heterocycles. The van der Waals surface area contributed by atoms with Gasteiger partial charge in [-0.3, -0.25) is 4.79 Å². The third-order valence-electron chi connectivity index (χ3n) is 3.48. The molecule has 1 amide bonds. The molecule has 8 heteroatoms. The van der Waals surface area contributed by atoms with Gasteiger partial charge in [-0.15, -0.1) is 24.8 Å². The van der Waals surface area contributed by atoms with Crippen LogP contribution in [0.1, 0.15) is 25.3 Å². The second kappa shape index (κ2) is 14.1. The number of nitrogens with one attached hydrogen (secondary N) is 2. The van der Waals surface area contributed by atoms with Gasteiger partial charge in [-0.05, 0) is 62.8 Å². The van der Waals surface area contributed by atoms with Crippen molar-refractivity contribution in [2.45, 2.75) is 26.3 Å². The molecule has 2 aromatic rings. The molecule has 0 aliphatic carbocycles. The van der Waals surface area contributed by atoms with Gasteiger partial charge in [0.25, 0.3) is 0 Å². The summed E-state index contributed by atoms with van der Waals surface area (Å²) < 4.78 is 11.2. The largest absolute Gasteiger partial charge is 0.494 e. The first-order valence-electron chi connectivity index (χ1n) is 8.48. The van der Waals surface area contributed by atoms with E-state index < -0.39 is 0 Å². The standard InChI is InChI=1S/C19H25N3O3.2ClH/c1-3-24-16-6-8-17(9-7-16)25-19-13-15(10-12-21-19)14-22-18(23)5-4-11-20-2;;/h6-10,12-13,20H,3-5,11,14H2,1-2H3,(H,22,23);2*1H. The molecule has 0 aliphatic rings. The quantitative estimate of drug-likeness (QED) is 0.578. The van der Waals surface area contributed by atoms with E-state index in [9.17, 15) is 4.79 Å². The summed E-state index contributed by atoms with van der Waals surface area (Å²) in [5.41, 5.74) is 0.943. The molecule has 2 rings (SSSR count). The third kappa shape index (κ3) is 9.47. The fraction of sp³-hybridized carbons (Fsp3) is 0.368. The summed E-state index contributed by atoms with van der Waals surface area (Å²) in [6.07, 6.45) is 3.01. The number of benzene rings is 1. The van der Waals surface area contributed by atoms with E-state index in [-0.39, 0.29) is 30.7 Å². The summed E-state index contributed by atoms with van der Waals surface area (Å²) in [4.78, 5) is 16.0. The molecule has 1 heterocycles. The fourth-order valence-electron chi connectivity index (χ4n) is 2.22. The van der Waals surface area contributed by atoms with Crippen LogP contribution in [-0.4, -0.2) is 31.1 Å². The van der Waals surface area contributed by atoms with Crippen molar-refractivity contribution in [2.24, 2.45) is 0 Å². The molecule has 2 N–H and O–H groups in total. The van der Waals surface area contributed by atoms with E-state index in [2.05, 4.69) is 15.6 Å². The Balaban J connectivity index is 0.00000338. The number of nitrogens with zero attached hydrogens (tertiary/aromatic N) is 1. The molecule has 0 saturated carbocycles. The van der Waals surface area contributed by atoms with Crippen LogP contribution in [-0.2, 0) is 11.3 Å². The highest BCUT2D eigenvalue weighted by Gasteiger charge is 2.04. The summed E-state index contributed by atoms with van der Waals surface area (Å²) in [5.74, 6) is 2.02. The topological polar surface area (TPSA) is 72.5 Å². The van der Waals surface area contributed by atoms with Crippen molar-refractivity contribution >= 4 is 30.7 Å². The smallest absolute Gasteiger partial charge is 0.220 e. The Morgan fingerprint density at radius 3 is 2.48 bits per heavy atom. The van der Waals surface area contributed by atoms with Crippen LogP contribution >= 0.6 is 24.8 Å². The summed E-state index contributed by atoms with van der Waals surface area (Å²) in [6.45, 7) is 3.87. The SMILES string of the molecule is CCOc1ccc(Oc2cc(CNC(=O)CCCNC)ccn2)cc1.Cl.Cl. The first-order valence-corrected chi connectivity index (χ1v) is 8.48. The minimum Gasteiger partial charge on any atom is -0.494 e. The van der Waals surface area contributed by atoms with Gasteiger partial charge in [0, 0.05) is 25.2 Å². The Hall–Kier alpha value is -2.02. The fourth-order valence-corrected chi connectivity index (χ4v) is 2.22. The van der Waals surface area contributed by atoms with Crippen molar-refractivity contribution in [3.8, 4) is 17.4 Å². The predicted molar refractivity (Wildman–Crippen MR) is 111 cm³/mol. The normalized spacial score (nSPS) is 9.56. The van der Waals surface area contributed by atoms with E-state index in [4.69, 9.17) is 9.47 Å². The molecular weight excluding hydrogens is 389 g/mol. The van der Waals surface area contributed by atoms with Gasteiger partial charge in [0.1, 0.15) is 11.5 Å². The van der Waals surface area contributed by atoms with E-state index in [0.29, 0.717) is 31.2 Å². The molecular formula is C19H27Cl2N3O3. The van der Waals surface area contributed by atoms with Crippen molar-refractivity contribution in [1.82, 2.24) is 15.6 Å². The van der Waals surface area contributed by atoms with Gasteiger partial charge in [-0.1, -0.05) is 0 Å². The average molecular weight is 416 g/mol. The number of pyridine rings is 1. The number of carbonyl (C=O) groups excluding carboxylic acids is 1. The van der Waals surface area contributed by atoms with E-state index in [1.807, 2.05) is 50.4 Å². The van der Waals surface area contributed by atoms with E-state index in [1.54, 1.807) is 6.20 Å². The number of ether oxygens (including phenoxy) is 2. The van der Waals surface area contributed by atoms with Crippen LogP contribution in [0.25, 0.3) is 0 Å². The minimum atomic E-state index is 0. The second-order valence-electron chi connectivity index (χ2n) is 5.49. The monoisotopic (exact) mass is 415 g/mol.